The molecule has 68 heavy (non-hydrogen) atoms. The van der Waals surface area contributed by atoms with Crippen molar-refractivity contribution in [2.24, 2.45) is 10.2 Å². The molecule has 0 aromatic heterocycles. The largest absolute Gasteiger partial charge is 0.493 e. The summed E-state index contributed by atoms with van der Waals surface area (Å²) < 4.78 is 22.1. The molecule has 0 aliphatic carbocycles. The summed E-state index contributed by atoms with van der Waals surface area (Å²) in [7, 11) is 13.5. The van der Waals surface area contributed by atoms with Gasteiger partial charge in [-0.25, -0.2) is 19.6 Å². The Labute approximate surface area is 398 Å². The van der Waals surface area contributed by atoms with Crippen molar-refractivity contribution >= 4 is 46.7 Å². The van der Waals surface area contributed by atoms with E-state index < -0.39 is 0 Å². The van der Waals surface area contributed by atoms with Crippen LogP contribution in [0, 0.1) is 0 Å². The number of anilines is 2. The molecule has 4 aromatic rings. The van der Waals surface area contributed by atoms with Gasteiger partial charge in [0.25, 0.3) is 0 Å². The van der Waals surface area contributed by atoms with Crippen molar-refractivity contribution in [2.75, 3.05) is 106 Å². The first-order valence-corrected chi connectivity index (χ1v) is 22.6. The molecule has 4 aliphatic heterocycles. The normalized spacial score (nSPS) is 18.7. The monoisotopic (exact) mass is 930 g/mol. The van der Waals surface area contributed by atoms with Crippen molar-refractivity contribution < 1.29 is 38.1 Å². The summed E-state index contributed by atoms with van der Waals surface area (Å²) in [6, 6.07) is 22.3. The Morgan fingerprint density at radius 3 is 1.19 bits per heavy atom. The van der Waals surface area contributed by atoms with Gasteiger partial charge in [0.2, 0.25) is 11.8 Å². The number of amides is 6. The molecular formula is C50H62N10O8. The third-order valence-corrected chi connectivity index (χ3v) is 12.6. The fourth-order valence-corrected chi connectivity index (χ4v) is 8.82. The number of hydrogen-bond acceptors (Lipinski definition) is 12. The summed E-state index contributed by atoms with van der Waals surface area (Å²) in [6.45, 7) is 7.69. The van der Waals surface area contributed by atoms with Crippen molar-refractivity contribution in [1.29, 1.82) is 0 Å². The first-order chi connectivity index (χ1) is 32.7. The highest BCUT2D eigenvalue weighted by molar-refractivity contribution is 6.16. The van der Waals surface area contributed by atoms with E-state index in [2.05, 4.69) is 10.6 Å². The number of hydrogen-bond donors (Lipinski definition) is 2. The molecule has 6 amide bonds. The number of nitrogens with one attached hydrogen (secondary N) is 2. The van der Waals surface area contributed by atoms with E-state index in [1.54, 1.807) is 52.3 Å². The van der Waals surface area contributed by atoms with E-state index in [4.69, 9.17) is 29.2 Å². The van der Waals surface area contributed by atoms with Crippen molar-refractivity contribution in [3.63, 3.8) is 0 Å². The predicted molar refractivity (Wildman–Crippen MR) is 262 cm³/mol. The van der Waals surface area contributed by atoms with Crippen LogP contribution in [0.4, 0.5) is 21.0 Å². The highest BCUT2D eigenvalue weighted by Crippen LogP contribution is 2.37. The summed E-state index contributed by atoms with van der Waals surface area (Å²) in [6.07, 6.45) is 1.20. The maximum atomic E-state index is 12.6. The molecule has 2 N–H and O–H groups in total. The SMILES string of the molecule is CNC(=O)N1N=C(c2ccc(N3CCN(C)CC3=O)cc2)c2cc(OC)c(OC)cc2C[C@@H]1C.CNC(=O)N1N=C(c2ccc(N3CCN(C)CC3=O)cc2)c2cc(OC)c(OC)cc2C[C@H]1C. The standard InChI is InChI=1S/2C25H31N5O4/c2*1-16-12-18-13-21(33-4)22(34-5)14-20(18)24(27-30(16)25(32)26-2)17-6-8-19(9-7-17)29-11-10-28(3)15-23(29)31/h2*6-9,13-14,16H,10-12,15H2,1-5H3,(H,26,32)/t2*16-/m10/s1. The average Bonchev–Trinajstić information content (AvgIpc) is 3.58. The zero-order chi connectivity index (χ0) is 48.8. The molecule has 0 spiro atoms. The first-order valence-electron chi connectivity index (χ1n) is 22.6. The van der Waals surface area contributed by atoms with Gasteiger partial charge in [-0.2, -0.15) is 10.2 Å². The number of likely N-dealkylation sites (N-methyl/N-ethyl adjacent to an activating group) is 2. The van der Waals surface area contributed by atoms with Crippen molar-refractivity contribution in [2.45, 2.75) is 38.8 Å². The molecule has 360 valence electrons. The first kappa shape index (κ1) is 48.7. The lowest BCUT2D eigenvalue weighted by molar-refractivity contribution is -0.121. The lowest BCUT2D eigenvalue weighted by atomic mass is 9.94. The van der Waals surface area contributed by atoms with E-state index in [1.165, 1.54) is 10.0 Å². The average molecular weight is 931 g/mol. The van der Waals surface area contributed by atoms with Gasteiger partial charge < -0.3 is 39.4 Å². The van der Waals surface area contributed by atoms with Gasteiger partial charge in [-0.15, -0.1) is 0 Å². The quantitative estimate of drug-likeness (QED) is 0.254. The van der Waals surface area contributed by atoms with Gasteiger partial charge in [0.1, 0.15) is 0 Å². The van der Waals surface area contributed by atoms with Crippen molar-refractivity contribution in [3.05, 3.63) is 106 Å². The molecule has 18 heteroatoms. The fourth-order valence-electron chi connectivity index (χ4n) is 8.82. The Morgan fingerprint density at radius 1 is 0.544 bits per heavy atom. The van der Waals surface area contributed by atoms with Gasteiger partial charge >= 0.3 is 12.1 Å². The summed E-state index contributed by atoms with van der Waals surface area (Å²) in [5.74, 6) is 2.60. The fraction of sp³-hybridized carbons (Fsp3) is 0.400. The summed E-state index contributed by atoms with van der Waals surface area (Å²) in [4.78, 5) is 57.9. The summed E-state index contributed by atoms with van der Waals surface area (Å²) in [5.41, 5.74) is 8.44. The van der Waals surface area contributed by atoms with Crippen LogP contribution in [0.2, 0.25) is 0 Å². The number of fused-ring (bicyclic) bond motifs is 2. The minimum Gasteiger partial charge on any atom is -0.493 e. The number of methoxy groups -OCH3 is 4. The van der Waals surface area contributed by atoms with Crippen LogP contribution in [0.1, 0.15) is 47.2 Å². The molecule has 4 heterocycles. The maximum absolute atomic E-state index is 12.6. The van der Waals surface area contributed by atoms with Gasteiger partial charge in [0.05, 0.1) is 65.0 Å². The van der Waals surface area contributed by atoms with E-state index in [9.17, 15) is 19.2 Å². The van der Waals surface area contributed by atoms with E-state index in [-0.39, 0.29) is 36.0 Å². The molecule has 0 bridgehead atoms. The Kier molecular flexibility index (Phi) is 15.2. The molecule has 0 unspecified atom stereocenters. The number of urea groups is 2. The van der Waals surface area contributed by atoms with Crippen LogP contribution < -0.4 is 39.4 Å². The second-order valence-corrected chi connectivity index (χ2v) is 17.2. The number of nitrogens with zero attached hydrogens (tertiary/aromatic N) is 8. The Hall–Kier alpha value is -7.18. The van der Waals surface area contributed by atoms with Crippen LogP contribution in [-0.4, -0.2) is 163 Å². The second-order valence-electron chi connectivity index (χ2n) is 17.2. The number of carbonyl (C=O) groups excluding carboxylic acids is 4. The molecule has 4 aromatic carbocycles. The zero-order valence-electron chi connectivity index (χ0n) is 40.6. The second kappa shape index (κ2) is 21.2. The van der Waals surface area contributed by atoms with Crippen LogP contribution in [-0.2, 0) is 22.4 Å². The van der Waals surface area contributed by atoms with Gasteiger partial charge in [-0.05, 0) is 100 Å². The van der Waals surface area contributed by atoms with Gasteiger partial charge in [0, 0.05) is 73.9 Å². The topological polar surface area (TPSA) is 173 Å². The molecule has 2 saturated heterocycles. The van der Waals surface area contributed by atoms with Gasteiger partial charge in [0.15, 0.2) is 23.0 Å². The molecule has 8 rings (SSSR count). The minimum absolute atomic E-state index is 0.0788. The summed E-state index contributed by atoms with van der Waals surface area (Å²) in [5, 5.41) is 17.9. The van der Waals surface area contributed by atoms with E-state index in [0.717, 1.165) is 57.8 Å². The number of rotatable bonds is 8. The molecule has 18 nitrogen and oxygen atoms in total. The highest BCUT2D eigenvalue weighted by Gasteiger charge is 2.31. The lowest BCUT2D eigenvalue weighted by Gasteiger charge is -2.32. The maximum Gasteiger partial charge on any atom is 0.337 e. The Balaban J connectivity index is 0.000000201. The molecule has 2 fully saturated rings. The van der Waals surface area contributed by atoms with E-state index >= 15 is 0 Å². The predicted octanol–water partition coefficient (Wildman–Crippen LogP) is 4.64. The Morgan fingerprint density at radius 2 is 0.882 bits per heavy atom. The van der Waals surface area contributed by atoms with Crippen LogP contribution in [0.15, 0.2) is 83.0 Å². The zero-order valence-corrected chi connectivity index (χ0v) is 40.6. The van der Waals surface area contributed by atoms with Crippen molar-refractivity contribution in [1.82, 2.24) is 30.5 Å². The number of hydrazone groups is 2. The number of carbonyl (C=O) groups is 4. The van der Waals surface area contributed by atoms with Crippen molar-refractivity contribution in [3.8, 4) is 23.0 Å². The highest BCUT2D eigenvalue weighted by atomic mass is 16.5. The lowest BCUT2D eigenvalue weighted by Crippen LogP contribution is -2.48. The third kappa shape index (κ3) is 10.2. The van der Waals surface area contributed by atoms with Crippen LogP contribution in [0.25, 0.3) is 0 Å². The van der Waals surface area contributed by atoms with E-state index in [1.807, 2.05) is 111 Å². The van der Waals surface area contributed by atoms with Gasteiger partial charge in [-0.3, -0.25) is 19.4 Å². The Bertz CT molecular complexity index is 2410. The number of piperazine rings is 2. The molecule has 4 aliphatic rings. The summed E-state index contributed by atoms with van der Waals surface area (Å²) >= 11 is 0. The smallest absolute Gasteiger partial charge is 0.337 e. The number of benzene rings is 4. The van der Waals surface area contributed by atoms with Crippen LogP contribution >= 0.6 is 0 Å². The molecule has 0 radical (unpaired) electrons. The molecule has 2 atom stereocenters. The minimum atomic E-state index is -0.281. The van der Waals surface area contributed by atoms with E-state index in [0.29, 0.717) is 73.4 Å². The molecule has 0 saturated carbocycles. The van der Waals surface area contributed by atoms with Crippen LogP contribution in [0.3, 0.4) is 0 Å². The van der Waals surface area contributed by atoms with Gasteiger partial charge in [-0.1, -0.05) is 24.3 Å². The third-order valence-electron chi connectivity index (χ3n) is 12.6. The van der Waals surface area contributed by atoms with Crippen LogP contribution in [0.5, 0.6) is 23.0 Å². The molecular weight excluding hydrogens is 869 g/mol. The number of ether oxygens (including phenoxy) is 4.